The summed E-state index contributed by atoms with van der Waals surface area (Å²) in [5.41, 5.74) is 3.49. The van der Waals surface area contributed by atoms with Crippen LogP contribution in [-0.4, -0.2) is 24.9 Å². The van der Waals surface area contributed by atoms with Gasteiger partial charge < -0.3 is 14.2 Å². The van der Waals surface area contributed by atoms with Crippen molar-refractivity contribution in [3.8, 4) is 17.2 Å². The van der Waals surface area contributed by atoms with E-state index in [1.54, 1.807) is 26.4 Å². The van der Waals surface area contributed by atoms with Crippen LogP contribution in [0.3, 0.4) is 0 Å². The van der Waals surface area contributed by atoms with E-state index in [1.807, 2.05) is 41.4 Å². The smallest absolute Gasteiger partial charge is 0.217 e. The zero-order chi connectivity index (χ0) is 21.5. The Morgan fingerprint density at radius 2 is 1.81 bits per heavy atom. The summed E-state index contributed by atoms with van der Waals surface area (Å²) in [5, 5.41) is 7.45. The Kier molecular flexibility index (Phi) is 4.94. The Bertz CT molecular complexity index is 1170. The number of fused-ring (bicyclic) bond motifs is 3. The van der Waals surface area contributed by atoms with Crippen LogP contribution in [0.25, 0.3) is 0 Å². The van der Waals surface area contributed by atoms with Crippen LogP contribution in [0.2, 0.25) is 5.02 Å². The zero-order valence-corrected chi connectivity index (χ0v) is 17.8. The first-order valence-electron chi connectivity index (χ1n) is 9.87. The Morgan fingerprint density at radius 3 is 2.55 bits per heavy atom. The molecule has 2 heterocycles. The molecular formula is C24H20ClFN2O3. The highest BCUT2D eigenvalue weighted by molar-refractivity contribution is 6.30. The van der Waals surface area contributed by atoms with Crippen LogP contribution in [0.15, 0.2) is 65.8 Å². The molecule has 0 unspecified atom stereocenters. The van der Waals surface area contributed by atoms with Crippen LogP contribution in [0, 0.1) is 5.82 Å². The largest absolute Gasteiger partial charge is 0.497 e. The summed E-state index contributed by atoms with van der Waals surface area (Å²) in [6.45, 7) is 0. The summed E-state index contributed by atoms with van der Waals surface area (Å²) in [4.78, 5) is 0. The van der Waals surface area contributed by atoms with Gasteiger partial charge in [0.1, 0.15) is 23.1 Å². The lowest BCUT2D eigenvalue weighted by Gasteiger charge is -2.38. The fraction of sp³-hybridized carbons (Fsp3) is 0.208. The molecule has 0 N–H and O–H groups in total. The number of nitrogens with zero attached hydrogens (tertiary/aromatic N) is 2. The molecule has 0 aromatic heterocycles. The first-order valence-corrected chi connectivity index (χ1v) is 10.2. The van der Waals surface area contributed by atoms with Gasteiger partial charge in [0.15, 0.2) is 0 Å². The maximum Gasteiger partial charge on any atom is 0.217 e. The molecule has 0 aliphatic carbocycles. The highest BCUT2D eigenvalue weighted by atomic mass is 35.5. The number of rotatable bonds is 4. The minimum absolute atomic E-state index is 0.0802. The highest BCUT2D eigenvalue weighted by Gasteiger charge is 2.42. The van der Waals surface area contributed by atoms with E-state index in [4.69, 9.17) is 30.9 Å². The van der Waals surface area contributed by atoms with Gasteiger partial charge in [-0.05, 0) is 54.1 Å². The van der Waals surface area contributed by atoms with Gasteiger partial charge in [-0.3, -0.25) is 0 Å². The van der Waals surface area contributed by atoms with Crippen LogP contribution in [0.4, 0.5) is 4.39 Å². The molecule has 3 aromatic rings. The van der Waals surface area contributed by atoms with Gasteiger partial charge in [-0.2, -0.15) is 5.10 Å². The summed E-state index contributed by atoms with van der Waals surface area (Å²) in [6.07, 6.45) is 0.118. The molecular weight excluding hydrogens is 419 g/mol. The zero-order valence-electron chi connectivity index (χ0n) is 17.0. The highest BCUT2D eigenvalue weighted by Crippen LogP contribution is 2.49. The minimum atomic E-state index is -0.526. The second-order valence-corrected chi connectivity index (χ2v) is 7.85. The van der Waals surface area contributed by atoms with E-state index in [-0.39, 0.29) is 11.9 Å². The summed E-state index contributed by atoms with van der Waals surface area (Å²) < 4.78 is 30.9. The summed E-state index contributed by atoms with van der Waals surface area (Å²) in [5.74, 6) is 1.84. The Labute approximate surface area is 184 Å². The number of methoxy groups -OCH3 is 2. The number of benzene rings is 3. The second-order valence-electron chi connectivity index (χ2n) is 7.41. The fourth-order valence-corrected chi connectivity index (χ4v) is 4.29. The third-order valence-electron chi connectivity index (χ3n) is 5.63. The molecule has 0 amide bonds. The normalized spacial score (nSPS) is 19.2. The van der Waals surface area contributed by atoms with Gasteiger partial charge in [-0.1, -0.05) is 23.7 Å². The Morgan fingerprint density at radius 1 is 1.00 bits per heavy atom. The van der Waals surface area contributed by atoms with Crippen LogP contribution < -0.4 is 14.2 Å². The average Bonchev–Trinajstić information content (AvgIpc) is 3.24. The van der Waals surface area contributed by atoms with E-state index >= 15 is 0 Å². The second kappa shape index (κ2) is 7.78. The van der Waals surface area contributed by atoms with Crippen LogP contribution >= 0.6 is 11.6 Å². The van der Waals surface area contributed by atoms with Gasteiger partial charge in [0.25, 0.3) is 0 Å². The van der Waals surface area contributed by atoms with Crippen molar-refractivity contribution in [2.45, 2.75) is 18.7 Å². The number of halogens is 2. The van der Waals surface area contributed by atoms with Crippen molar-refractivity contribution in [3.63, 3.8) is 0 Å². The maximum atomic E-state index is 13.4. The molecule has 0 fully saturated rings. The summed E-state index contributed by atoms with van der Waals surface area (Å²) >= 11 is 6.29. The van der Waals surface area contributed by atoms with Crippen molar-refractivity contribution in [2.24, 2.45) is 5.10 Å². The Hall–Kier alpha value is -3.25. The fourth-order valence-electron chi connectivity index (χ4n) is 4.11. The third kappa shape index (κ3) is 3.47. The van der Waals surface area contributed by atoms with Crippen molar-refractivity contribution in [3.05, 3.63) is 88.2 Å². The van der Waals surface area contributed by atoms with Crippen molar-refractivity contribution in [2.75, 3.05) is 14.2 Å². The number of hydrogen-bond acceptors (Lipinski definition) is 5. The molecule has 31 heavy (non-hydrogen) atoms. The van der Waals surface area contributed by atoms with Crippen molar-refractivity contribution in [1.82, 2.24) is 5.01 Å². The standard InChI is InChI=1S/C24H20ClFN2O3/c1-29-17-8-10-22(30-2)19(12-17)24-28-21(18-11-15(25)5-9-23(18)31-24)13-20(27-28)14-3-6-16(26)7-4-14/h3-12,21,24H,13H2,1-2H3/t21-,24-/m0/s1. The molecule has 2 atom stereocenters. The molecule has 0 saturated carbocycles. The SMILES string of the molecule is COc1ccc(OC)c([C@@H]2Oc3ccc(Cl)cc3[C@@H]3CC(c4ccc(F)cc4)=NN32)c1. The van der Waals surface area contributed by atoms with Gasteiger partial charge in [0, 0.05) is 17.0 Å². The molecule has 2 aliphatic rings. The topological polar surface area (TPSA) is 43.3 Å². The van der Waals surface area contributed by atoms with Crippen molar-refractivity contribution >= 4 is 17.3 Å². The molecule has 0 radical (unpaired) electrons. The van der Waals surface area contributed by atoms with E-state index in [1.165, 1.54) is 12.1 Å². The van der Waals surface area contributed by atoms with Crippen LogP contribution in [0.1, 0.15) is 35.4 Å². The van der Waals surface area contributed by atoms with E-state index < -0.39 is 6.23 Å². The minimum Gasteiger partial charge on any atom is -0.497 e. The third-order valence-corrected chi connectivity index (χ3v) is 5.87. The predicted molar refractivity (Wildman–Crippen MR) is 117 cm³/mol. The molecule has 2 aliphatic heterocycles. The van der Waals surface area contributed by atoms with Gasteiger partial charge in [0.2, 0.25) is 6.23 Å². The molecule has 7 heteroatoms. The van der Waals surface area contributed by atoms with Crippen molar-refractivity contribution in [1.29, 1.82) is 0 Å². The van der Waals surface area contributed by atoms with Gasteiger partial charge in [-0.15, -0.1) is 0 Å². The van der Waals surface area contributed by atoms with E-state index in [0.717, 1.165) is 28.2 Å². The molecule has 0 bridgehead atoms. The lowest BCUT2D eigenvalue weighted by Crippen LogP contribution is -2.34. The first kappa shape index (κ1) is 19.7. The van der Waals surface area contributed by atoms with E-state index in [2.05, 4.69) is 0 Å². The van der Waals surface area contributed by atoms with E-state index in [9.17, 15) is 4.39 Å². The van der Waals surface area contributed by atoms with Crippen LogP contribution in [-0.2, 0) is 0 Å². The maximum absolute atomic E-state index is 13.4. The van der Waals surface area contributed by atoms with Crippen LogP contribution in [0.5, 0.6) is 17.2 Å². The van der Waals surface area contributed by atoms with Gasteiger partial charge in [-0.25, -0.2) is 9.40 Å². The molecule has 5 rings (SSSR count). The molecule has 158 valence electrons. The molecule has 0 spiro atoms. The lowest BCUT2D eigenvalue weighted by atomic mass is 9.95. The average molecular weight is 439 g/mol. The van der Waals surface area contributed by atoms with Gasteiger partial charge in [0.05, 0.1) is 31.5 Å². The van der Waals surface area contributed by atoms with Gasteiger partial charge >= 0.3 is 0 Å². The quantitative estimate of drug-likeness (QED) is 0.521. The number of hydrazone groups is 1. The first-order chi connectivity index (χ1) is 15.1. The summed E-state index contributed by atoms with van der Waals surface area (Å²) in [7, 11) is 3.24. The summed E-state index contributed by atoms with van der Waals surface area (Å²) in [6, 6.07) is 17.5. The number of hydrogen-bond donors (Lipinski definition) is 0. The van der Waals surface area contributed by atoms with E-state index in [0.29, 0.717) is 22.9 Å². The predicted octanol–water partition coefficient (Wildman–Crippen LogP) is 5.74. The lowest BCUT2D eigenvalue weighted by molar-refractivity contribution is -0.0204. The van der Waals surface area contributed by atoms with Crippen molar-refractivity contribution < 1.29 is 18.6 Å². The molecule has 3 aromatic carbocycles. The number of ether oxygens (including phenoxy) is 3. The molecule has 0 saturated heterocycles. The Balaban J connectivity index is 1.63. The molecule has 5 nitrogen and oxygen atoms in total. The monoisotopic (exact) mass is 438 g/mol.